The minimum Gasteiger partial charge on any atom is -0.488 e. The molecular weight excluding hydrogens is 546 g/mol. The van der Waals surface area contributed by atoms with Gasteiger partial charge in [-0.1, -0.05) is 17.7 Å². The summed E-state index contributed by atoms with van der Waals surface area (Å²) in [6.45, 7) is 8.09. The second-order valence-corrected chi connectivity index (χ2v) is 13.4. The minimum absolute atomic E-state index is 0.00868. The van der Waals surface area contributed by atoms with Gasteiger partial charge in [-0.05, 0) is 99.1 Å². The van der Waals surface area contributed by atoms with Crippen LogP contribution in [0.15, 0.2) is 41.8 Å². The number of nitrogens with zero attached hydrogens (tertiary/aromatic N) is 3. The molecule has 2 aliphatic heterocycles. The Morgan fingerprint density at radius 3 is 2.71 bits per heavy atom. The number of likely N-dealkylation sites (tertiary alicyclic amines) is 1. The number of carbonyl (C=O) groups is 2. The summed E-state index contributed by atoms with van der Waals surface area (Å²) in [5.41, 5.74) is 5.91. The van der Waals surface area contributed by atoms with Crippen molar-refractivity contribution in [3.8, 4) is 17.0 Å². The molecule has 2 aromatic carbocycles. The van der Waals surface area contributed by atoms with Crippen LogP contribution in [0.4, 0.5) is 5.13 Å². The molecule has 0 spiro atoms. The zero-order valence-corrected chi connectivity index (χ0v) is 25.8. The Morgan fingerprint density at radius 2 is 1.93 bits per heavy atom. The highest BCUT2D eigenvalue weighted by molar-refractivity contribution is 7.14. The van der Waals surface area contributed by atoms with Crippen molar-refractivity contribution >= 4 is 28.3 Å². The number of aryl methyl sites for hydroxylation is 2. The number of anilines is 1. The van der Waals surface area contributed by atoms with E-state index in [0.717, 1.165) is 103 Å². The molecule has 8 heteroatoms. The van der Waals surface area contributed by atoms with Gasteiger partial charge in [-0.2, -0.15) is 0 Å². The number of aromatic nitrogens is 1. The number of esters is 1. The van der Waals surface area contributed by atoms with Crippen molar-refractivity contribution in [1.29, 1.82) is 0 Å². The highest BCUT2D eigenvalue weighted by Crippen LogP contribution is 2.50. The van der Waals surface area contributed by atoms with Gasteiger partial charge < -0.3 is 19.3 Å². The van der Waals surface area contributed by atoms with Crippen molar-refractivity contribution in [2.45, 2.75) is 65.4 Å². The topological polar surface area (TPSA) is 72.0 Å². The molecule has 2 saturated heterocycles. The molecule has 1 saturated carbocycles. The zero-order chi connectivity index (χ0) is 29.3. The van der Waals surface area contributed by atoms with Gasteiger partial charge in [0.25, 0.3) is 5.91 Å². The van der Waals surface area contributed by atoms with Gasteiger partial charge in [-0.3, -0.25) is 9.59 Å². The molecule has 0 radical (unpaired) electrons. The lowest BCUT2D eigenvalue weighted by atomic mass is 9.79. The van der Waals surface area contributed by atoms with Crippen LogP contribution in [0.2, 0.25) is 0 Å². The van der Waals surface area contributed by atoms with Crippen LogP contribution in [-0.4, -0.2) is 55.0 Å². The molecule has 6 rings (SSSR count). The second kappa shape index (κ2) is 12.1. The normalized spacial score (nSPS) is 21.8. The molecule has 3 heterocycles. The molecule has 3 aliphatic rings. The molecule has 222 valence electrons. The maximum Gasteiger partial charge on any atom is 0.306 e. The molecule has 42 heavy (non-hydrogen) atoms. The molecule has 3 aromatic rings. The molecule has 3 fully saturated rings. The Bertz CT molecular complexity index is 1460. The lowest BCUT2D eigenvalue weighted by Crippen LogP contribution is -2.44. The average Bonchev–Trinajstić information content (AvgIpc) is 3.61. The predicted molar refractivity (Wildman–Crippen MR) is 166 cm³/mol. The minimum atomic E-state index is -0.114. The summed E-state index contributed by atoms with van der Waals surface area (Å²) in [4.78, 5) is 34.6. The standard InChI is InChI=1S/C34H41N3O4S/c1-23-7-10-30(41-20-27-9-8-26(16-24(27)2)32(39)36-13-5-4-6-14-36)28(15-23)29-21-42-33(35-29)37-19-25-11-12-34(17-25,22-37)18-31(38)40-3/h7-10,15-16,21,25H,4-6,11-14,17-20,22H2,1-3H3. The van der Waals surface area contributed by atoms with E-state index in [1.165, 1.54) is 13.5 Å². The smallest absolute Gasteiger partial charge is 0.306 e. The van der Waals surface area contributed by atoms with E-state index >= 15 is 0 Å². The van der Waals surface area contributed by atoms with Crippen LogP contribution < -0.4 is 9.64 Å². The monoisotopic (exact) mass is 587 g/mol. The van der Waals surface area contributed by atoms with Crippen LogP contribution in [-0.2, 0) is 16.1 Å². The summed E-state index contributed by atoms with van der Waals surface area (Å²) in [6, 6.07) is 12.2. The van der Waals surface area contributed by atoms with Crippen LogP contribution in [0.3, 0.4) is 0 Å². The molecule has 2 bridgehead atoms. The number of fused-ring (bicyclic) bond motifs is 2. The first-order chi connectivity index (χ1) is 20.3. The van der Waals surface area contributed by atoms with E-state index < -0.39 is 0 Å². The summed E-state index contributed by atoms with van der Waals surface area (Å²) < 4.78 is 11.4. The third-order valence-corrected chi connectivity index (χ3v) is 10.2. The van der Waals surface area contributed by atoms with E-state index in [9.17, 15) is 9.59 Å². The van der Waals surface area contributed by atoms with Gasteiger partial charge >= 0.3 is 5.97 Å². The molecule has 7 nitrogen and oxygen atoms in total. The van der Waals surface area contributed by atoms with Gasteiger partial charge in [0.15, 0.2) is 5.13 Å². The summed E-state index contributed by atoms with van der Waals surface area (Å²) in [7, 11) is 1.48. The first kappa shape index (κ1) is 28.7. The number of ether oxygens (including phenoxy) is 2. The van der Waals surface area contributed by atoms with Crippen molar-refractivity contribution in [3.63, 3.8) is 0 Å². The van der Waals surface area contributed by atoms with Gasteiger partial charge in [-0.15, -0.1) is 11.3 Å². The number of rotatable bonds is 8. The predicted octanol–water partition coefficient (Wildman–Crippen LogP) is 6.80. The maximum absolute atomic E-state index is 13.0. The third-order valence-electron chi connectivity index (χ3n) is 9.35. The Balaban J connectivity index is 1.17. The number of thiazole rings is 1. The van der Waals surface area contributed by atoms with Crippen molar-refractivity contribution < 1.29 is 19.1 Å². The number of piperidine rings is 2. The van der Waals surface area contributed by atoms with Crippen molar-refractivity contribution in [2.24, 2.45) is 11.3 Å². The molecule has 2 atom stereocenters. The molecule has 2 unspecified atom stereocenters. The van der Waals surface area contributed by atoms with Crippen LogP contribution in [0.1, 0.15) is 72.0 Å². The van der Waals surface area contributed by atoms with E-state index in [1.807, 2.05) is 36.1 Å². The highest BCUT2D eigenvalue weighted by atomic mass is 32.1. The summed E-state index contributed by atoms with van der Waals surface area (Å²) in [5.74, 6) is 1.41. The van der Waals surface area contributed by atoms with E-state index in [4.69, 9.17) is 14.5 Å². The van der Waals surface area contributed by atoms with Crippen molar-refractivity contribution in [2.75, 3.05) is 38.2 Å². The zero-order valence-electron chi connectivity index (χ0n) is 25.0. The number of hydrogen-bond donors (Lipinski definition) is 0. The fourth-order valence-corrected chi connectivity index (χ4v) is 7.91. The summed E-state index contributed by atoms with van der Waals surface area (Å²) in [5, 5.41) is 3.12. The Morgan fingerprint density at radius 1 is 1.10 bits per heavy atom. The molecular formula is C34H41N3O4S. The molecule has 0 N–H and O–H groups in total. The van der Waals surface area contributed by atoms with Gasteiger partial charge in [0, 0.05) is 42.7 Å². The summed E-state index contributed by atoms with van der Waals surface area (Å²) in [6.07, 6.45) is 7.20. The lowest BCUT2D eigenvalue weighted by molar-refractivity contribution is -0.143. The highest BCUT2D eigenvalue weighted by Gasteiger charge is 2.47. The molecule has 1 aliphatic carbocycles. The van der Waals surface area contributed by atoms with Crippen LogP contribution >= 0.6 is 11.3 Å². The van der Waals surface area contributed by atoms with E-state index in [-0.39, 0.29) is 17.3 Å². The summed E-state index contributed by atoms with van der Waals surface area (Å²) >= 11 is 1.66. The fraction of sp³-hybridized carbons (Fsp3) is 0.500. The number of amides is 1. The van der Waals surface area contributed by atoms with Crippen molar-refractivity contribution in [3.05, 3.63) is 64.0 Å². The number of methoxy groups -OCH3 is 1. The van der Waals surface area contributed by atoms with Crippen LogP contribution in [0.25, 0.3) is 11.3 Å². The lowest BCUT2D eigenvalue weighted by Gasteiger charge is -2.39. The van der Waals surface area contributed by atoms with Gasteiger partial charge in [-0.25, -0.2) is 4.98 Å². The van der Waals surface area contributed by atoms with Gasteiger partial charge in [0.1, 0.15) is 12.4 Å². The fourth-order valence-electron chi connectivity index (χ4n) is 7.08. The first-order valence-electron chi connectivity index (χ1n) is 15.2. The largest absolute Gasteiger partial charge is 0.488 e. The van der Waals surface area contributed by atoms with Crippen LogP contribution in [0, 0.1) is 25.2 Å². The second-order valence-electron chi connectivity index (χ2n) is 12.5. The Hall–Kier alpha value is -3.39. The van der Waals surface area contributed by atoms with Gasteiger partial charge in [0.2, 0.25) is 0 Å². The van der Waals surface area contributed by atoms with E-state index in [0.29, 0.717) is 18.9 Å². The van der Waals surface area contributed by atoms with Gasteiger partial charge in [0.05, 0.1) is 19.2 Å². The molecule has 1 aromatic heterocycles. The maximum atomic E-state index is 13.0. The quantitative estimate of drug-likeness (QED) is 0.270. The number of hydrogen-bond acceptors (Lipinski definition) is 7. The third kappa shape index (κ3) is 6.05. The number of carbonyl (C=O) groups excluding carboxylic acids is 2. The average molecular weight is 588 g/mol. The SMILES string of the molecule is COC(=O)CC12CCC(CN(c3nc(-c4cc(C)ccc4OCc4ccc(C(=O)N5CCCCC5)cc4C)cs3)C1)C2. The van der Waals surface area contributed by atoms with Crippen molar-refractivity contribution in [1.82, 2.24) is 9.88 Å². The van der Waals surface area contributed by atoms with E-state index in [2.05, 4.69) is 29.3 Å². The Labute approximate surface area is 252 Å². The number of benzene rings is 2. The Kier molecular flexibility index (Phi) is 8.26. The van der Waals surface area contributed by atoms with E-state index in [1.54, 1.807) is 11.3 Å². The molecule has 1 amide bonds. The first-order valence-corrected chi connectivity index (χ1v) is 16.1. The van der Waals surface area contributed by atoms with Crippen LogP contribution in [0.5, 0.6) is 5.75 Å².